The van der Waals surface area contributed by atoms with E-state index in [4.69, 9.17) is 4.74 Å². The van der Waals surface area contributed by atoms with Crippen molar-refractivity contribution in [1.82, 2.24) is 9.88 Å². The van der Waals surface area contributed by atoms with Crippen molar-refractivity contribution in [3.63, 3.8) is 0 Å². The number of likely N-dealkylation sites (tertiary alicyclic amines) is 1. The van der Waals surface area contributed by atoms with Crippen LogP contribution in [0.25, 0.3) is 0 Å². The van der Waals surface area contributed by atoms with Gasteiger partial charge in [0.05, 0.1) is 18.6 Å². The zero-order valence-electron chi connectivity index (χ0n) is 21.2. The minimum absolute atomic E-state index is 0.0364. The molecular formula is C29H31F2N3O3. The van der Waals surface area contributed by atoms with Gasteiger partial charge in [-0.05, 0) is 66.1 Å². The number of amides is 2. The molecule has 0 radical (unpaired) electrons. The van der Waals surface area contributed by atoms with Crippen LogP contribution < -0.4 is 10.1 Å². The van der Waals surface area contributed by atoms with Crippen molar-refractivity contribution in [2.24, 2.45) is 5.92 Å². The summed E-state index contributed by atoms with van der Waals surface area (Å²) in [5, 5.41) is 2.98. The van der Waals surface area contributed by atoms with E-state index in [1.54, 1.807) is 17.0 Å². The number of aromatic nitrogens is 1. The monoisotopic (exact) mass is 507 g/mol. The Morgan fingerprint density at radius 3 is 2.24 bits per heavy atom. The molecule has 37 heavy (non-hydrogen) atoms. The molecule has 1 aromatic heterocycles. The number of piperidine rings is 1. The van der Waals surface area contributed by atoms with Gasteiger partial charge in [0, 0.05) is 25.0 Å². The van der Waals surface area contributed by atoms with E-state index in [0.29, 0.717) is 18.8 Å². The highest BCUT2D eigenvalue weighted by atomic mass is 19.1. The van der Waals surface area contributed by atoms with E-state index in [-0.39, 0.29) is 40.9 Å². The first-order chi connectivity index (χ1) is 17.8. The lowest BCUT2D eigenvalue weighted by Gasteiger charge is -2.32. The van der Waals surface area contributed by atoms with Gasteiger partial charge in [-0.25, -0.2) is 13.8 Å². The Morgan fingerprint density at radius 2 is 1.65 bits per heavy atom. The van der Waals surface area contributed by atoms with Gasteiger partial charge >= 0.3 is 0 Å². The number of hydrogen-bond acceptors (Lipinski definition) is 4. The predicted molar refractivity (Wildman–Crippen MR) is 138 cm³/mol. The van der Waals surface area contributed by atoms with Crippen LogP contribution in [-0.2, 0) is 4.79 Å². The summed E-state index contributed by atoms with van der Waals surface area (Å²) in [6.45, 7) is 4.96. The van der Waals surface area contributed by atoms with Crippen LogP contribution in [0, 0.1) is 17.6 Å². The first kappa shape index (κ1) is 26.3. The maximum atomic E-state index is 14.5. The highest BCUT2D eigenvalue weighted by Crippen LogP contribution is 2.31. The number of anilines is 1. The van der Waals surface area contributed by atoms with Gasteiger partial charge in [-0.2, -0.15) is 0 Å². The quantitative estimate of drug-likeness (QED) is 0.441. The zero-order chi connectivity index (χ0) is 26.5. The lowest BCUT2D eigenvalue weighted by atomic mass is 9.87. The number of methoxy groups -OCH3 is 1. The first-order valence-electron chi connectivity index (χ1n) is 12.4. The fraction of sp³-hybridized carbons (Fsp3) is 0.345. The number of carbonyl (C=O) groups is 2. The summed E-state index contributed by atoms with van der Waals surface area (Å²) in [5.74, 6) is -1.86. The third-order valence-corrected chi connectivity index (χ3v) is 6.89. The molecule has 0 bridgehead atoms. The molecule has 1 saturated heterocycles. The summed E-state index contributed by atoms with van der Waals surface area (Å²) in [5.41, 5.74) is 2.56. The fourth-order valence-electron chi connectivity index (χ4n) is 4.89. The highest BCUT2D eigenvalue weighted by Gasteiger charge is 2.28. The van der Waals surface area contributed by atoms with Crippen molar-refractivity contribution in [3.05, 3.63) is 89.1 Å². The highest BCUT2D eigenvalue weighted by molar-refractivity contribution is 5.96. The van der Waals surface area contributed by atoms with Crippen LogP contribution in [0.15, 0.2) is 60.8 Å². The van der Waals surface area contributed by atoms with Crippen molar-refractivity contribution >= 4 is 17.5 Å². The Balaban J connectivity index is 1.36. The van der Waals surface area contributed by atoms with Crippen LogP contribution in [0.1, 0.15) is 60.0 Å². The van der Waals surface area contributed by atoms with E-state index in [0.717, 1.165) is 24.0 Å². The summed E-state index contributed by atoms with van der Waals surface area (Å²) in [4.78, 5) is 31.3. The molecule has 1 aliphatic rings. The van der Waals surface area contributed by atoms with Crippen molar-refractivity contribution in [2.75, 3.05) is 25.5 Å². The van der Waals surface area contributed by atoms with Crippen LogP contribution in [-0.4, -0.2) is 41.9 Å². The van der Waals surface area contributed by atoms with Gasteiger partial charge in [0.2, 0.25) is 5.91 Å². The topological polar surface area (TPSA) is 71.5 Å². The smallest absolute Gasteiger partial charge is 0.257 e. The minimum Gasteiger partial charge on any atom is -0.479 e. The van der Waals surface area contributed by atoms with Gasteiger partial charge in [0.15, 0.2) is 5.82 Å². The minimum atomic E-state index is -0.742. The Labute approximate surface area is 215 Å². The molecule has 1 fully saturated rings. The molecule has 6 nitrogen and oxygen atoms in total. The Morgan fingerprint density at radius 1 is 1.00 bits per heavy atom. The van der Waals surface area contributed by atoms with Crippen molar-refractivity contribution < 1.29 is 23.1 Å². The maximum absolute atomic E-state index is 14.5. The molecular weight excluding hydrogens is 476 g/mol. The lowest BCUT2D eigenvalue weighted by Crippen LogP contribution is -2.38. The standard InChI is InChI=1S/C29H31F2N3O3/c1-18(2)25(21-4-8-22(30)9-5-21)27(35)33-23-10-6-19(7-11-23)20-13-16-34(17-14-20)29(36)24-12-15-32-28(37-3)26(24)31/h4-12,15,18,20,25H,13-14,16-17H2,1-3H3,(H,33,35)/t25-/m0/s1. The predicted octanol–water partition coefficient (Wildman–Crippen LogP) is 5.77. The number of halogens is 2. The Hall–Kier alpha value is -3.81. The third-order valence-electron chi connectivity index (χ3n) is 6.89. The van der Waals surface area contributed by atoms with Crippen molar-refractivity contribution in [1.29, 1.82) is 0 Å². The number of nitrogens with zero attached hydrogens (tertiary/aromatic N) is 2. The van der Waals surface area contributed by atoms with Gasteiger partial charge in [0.25, 0.3) is 11.8 Å². The summed E-state index contributed by atoms with van der Waals surface area (Å²) in [6.07, 6.45) is 2.87. The molecule has 0 aliphatic carbocycles. The van der Waals surface area contributed by atoms with Gasteiger partial charge < -0.3 is 15.0 Å². The summed E-state index contributed by atoms with van der Waals surface area (Å²) >= 11 is 0. The van der Waals surface area contributed by atoms with E-state index in [1.165, 1.54) is 31.5 Å². The Kier molecular flexibility index (Phi) is 8.16. The van der Waals surface area contributed by atoms with Crippen molar-refractivity contribution in [3.8, 4) is 5.88 Å². The molecule has 1 aliphatic heterocycles. The largest absolute Gasteiger partial charge is 0.479 e. The number of hydrogen-bond donors (Lipinski definition) is 1. The average molecular weight is 508 g/mol. The van der Waals surface area contributed by atoms with E-state index in [2.05, 4.69) is 10.3 Å². The molecule has 2 heterocycles. The molecule has 0 unspecified atom stereocenters. The van der Waals surface area contributed by atoms with Crippen molar-refractivity contribution in [2.45, 2.75) is 38.5 Å². The van der Waals surface area contributed by atoms with Crippen LogP contribution in [0.5, 0.6) is 5.88 Å². The van der Waals surface area contributed by atoms with Crippen LogP contribution >= 0.6 is 0 Å². The molecule has 4 rings (SSSR count). The first-order valence-corrected chi connectivity index (χ1v) is 12.4. The average Bonchev–Trinajstić information content (AvgIpc) is 2.90. The van der Waals surface area contributed by atoms with E-state index in [1.807, 2.05) is 38.1 Å². The summed E-state index contributed by atoms with van der Waals surface area (Å²) in [7, 11) is 1.32. The van der Waals surface area contributed by atoms with Gasteiger partial charge in [-0.1, -0.05) is 38.1 Å². The fourth-order valence-corrected chi connectivity index (χ4v) is 4.89. The van der Waals surface area contributed by atoms with E-state index < -0.39 is 11.7 Å². The van der Waals surface area contributed by atoms with Crippen LogP contribution in [0.3, 0.4) is 0 Å². The molecule has 2 amide bonds. The second-order valence-corrected chi connectivity index (χ2v) is 9.63. The number of benzene rings is 2. The van der Waals surface area contributed by atoms with E-state index >= 15 is 0 Å². The van der Waals surface area contributed by atoms with Gasteiger partial charge in [-0.3, -0.25) is 9.59 Å². The second kappa shape index (κ2) is 11.5. The number of carbonyl (C=O) groups excluding carboxylic acids is 2. The molecule has 8 heteroatoms. The molecule has 1 atom stereocenters. The molecule has 1 N–H and O–H groups in total. The normalized spacial score (nSPS) is 14.9. The number of ether oxygens (including phenoxy) is 1. The van der Waals surface area contributed by atoms with Crippen LogP contribution in [0.4, 0.5) is 14.5 Å². The number of pyridine rings is 1. The molecule has 2 aromatic carbocycles. The summed E-state index contributed by atoms with van der Waals surface area (Å²) < 4.78 is 32.7. The molecule has 3 aromatic rings. The maximum Gasteiger partial charge on any atom is 0.257 e. The van der Waals surface area contributed by atoms with Gasteiger partial charge in [0.1, 0.15) is 5.82 Å². The van der Waals surface area contributed by atoms with Gasteiger partial charge in [-0.15, -0.1) is 0 Å². The second-order valence-electron chi connectivity index (χ2n) is 9.63. The third kappa shape index (κ3) is 5.96. The molecule has 0 spiro atoms. The lowest BCUT2D eigenvalue weighted by molar-refractivity contribution is -0.118. The number of rotatable bonds is 7. The number of nitrogens with one attached hydrogen (secondary N) is 1. The summed E-state index contributed by atoms with van der Waals surface area (Å²) in [6, 6.07) is 15.2. The van der Waals surface area contributed by atoms with Crippen LogP contribution in [0.2, 0.25) is 0 Å². The molecule has 0 saturated carbocycles. The SMILES string of the molecule is COc1nccc(C(=O)N2CCC(c3ccc(NC(=O)[C@H](c4ccc(F)cc4)C(C)C)cc3)CC2)c1F. The molecule has 194 valence electrons. The zero-order valence-corrected chi connectivity index (χ0v) is 21.2. The Bertz CT molecular complexity index is 1240. The van der Waals surface area contributed by atoms with E-state index in [9.17, 15) is 18.4 Å².